The van der Waals surface area contributed by atoms with E-state index in [-0.39, 0.29) is 11.8 Å². The Balaban J connectivity index is 1.85. The van der Waals surface area contributed by atoms with Crippen molar-refractivity contribution in [2.24, 2.45) is 11.7 Å². The first-order chi connectivity index (χ1) is 9.61. The molecule has 2 atom stereocenters. The van der Waals surface area contributed by atoms with Gasteiger partial charge in [-0.3, -0.25) is 4.79 Å². The summed E-state index contributed by atoms with van der Waals surface area (Å²) in [5.74, 6) is 0.986. The van der Waals surface area contributed by atoms with E-state index in [2.05, 4.69) is 5.32 Å². The Morgan fingerprint density at radius 2 is 2.15 bits per heavy atom. The number of para-hydroxylation sites is 1. The minimum absolute atomic E-state index is 0.0875. The van der Waals surface area contributed by atoms with Crippen molar-refractivity contribution in [1.82, 2.24) is 5.32 Å². The van der Waals surface area contributed by atoms with Crippen molar-refractivity contribution in [3.63, 3.8) is 0 Å². The Morgan fingerprint density at radius 1 is 1.40 bits per heavy atom. The van der Waals surface area contributed by atoms with E-state index in [4.69, 9.17) is 10.2 Å². The molecule has 0 aliphatic carbocycles. The number of rotatable bonds is 6. The SMILES string of the molecule is CCC(C)C(N)C(=O)NCCc1cc2ccccc2o1. The smallest absolute Gasteiger partial charge is 0.237 e. The summed E-state index contributed by atoms with van der Waals surface area (Å²) >= 11 is 0. The van der Waals surface area contributed by atoms with Crippen LogP contribution in [0.2, 0.25) is 0 Å². The van der Waals surface area contributed by atoms with Gasteiger partial charge in [0.05, 0.1) is 6.04 Å². The molecule has 4 heteroatoms. The van der Waals surface area contributed by atoms with Crippen LogP contribution in [0.5, 0.6) is 0 Å². The highest BCUT2D eigenvalue weighted by atomic mass is 16.3. The van der Waals surface area contributed by atoms with Crippen LogP contribution in [-0.4, -0.2) is 18.5 Å². The van der Waals surface area contributed by atoms with Crippen LogP contribution in [0.3, 0.4) is 0 Å². The van der Waals surface area contributed by atoms with Gasteiger partial charge in [-0.05, 0) is 18.1 Å². The van der Waals surface area contributed by atoms with Gasteiger partial charge >= 0.3 is 0 Å². The number of benzene rings is 1. The molecule has 0 radical (unpaired) electrons. The molecule has 2 aromatic rings. The number of amides is 1. The van der Waals surface area contributed by atoms with Crippen molar-refractivity contribution >= 4 is 16.9 Å². The Hall–Kier alpha value is -1.81. The lowest BCUT2D eigenvalue weighted by Crippen LogP contribution is -2.45. The number of nitrogens with one attached hydrogen (secondary N) is 1. The summed E-state index contributed by atoms with van der Waals surface area (Å²) in [5, 5.41) is 3.95. The maximum absolute atomic E-state index is 11.8. The molecule has 1 amide bonds. The molecular formula is C16H22N2O2. The van der Waals surface area contributed by atoms with E-state index in [0.717, 1.165) is 23.2 Å². The monoisotopic (exact) mass is 274 g/mol. The average Bonchev–Trinajstić information content (AvgIpc) is 2.88. The molecule has 2 unspecified atom stereocenters. The lowest BCUT2D eigenvalue weighted by Gasteiger charge is -2.17. The van der Waals surface area contributed by atoms with E-state index >= 15 is 0 Å². The molecule has 4 nitrogen and oxygen atoms in total. The predicted molar refractivity (Wildman–Crippen MR) is 80.4 cm³/mol. The third kappa shape index (κ3) is 3.39. The summed E-state index contributed by atoms with van der Waals surface area (Å²) in [6.45, 7) is 4.57. The maximum atomic E-state index is 11.8. The Labute approximate surface area is 119 Å². The third-order valence-electron chi connectivity index (χ3n) is 3.71. The topological polar surface area (TPSA) is 68.3 Å². The number of nitrogens with two attached hydrogens (primary N) is 1. The molecule has 0 aliphatic heterocycles. The van der Waals surface area contributed by atoms with E-state index in [0.29, 0.717) is 13.0 Å². The molecule has 108 valence electrons. The van der Waals surface area contributed by atoms with Crippen molar-refractivity contribution in [2.75, 3.05) is 6.54 Å². The van der Waals surface area contributed by atoms with Crippen LogP contribution in [0.4, 0.5) is 0 Å². The normalized spacial score (nSPS) is 14.2. The first-order valence-corrected chi connectivity index (χ1v) is 7.12. The summed E-state index contributed by atoms with van der Waals surface area (Å²) in [5.41, 5.74) is 6.76. The minimum atomic E-state index is -0.435. The number of fused-ring (bicyclic) bond motifs is 1. The lowest BCUT2D eigenvalue weighted by molar-refractivity contribution is -0.123. The van der Waals surface area contributed by atoms with Crippen molar-refractivity contribution in [3.8, 4) is 0 Å². The molecular weight excluding hydrogens is 252 g/mol. The number of furan rings is 1. The molecule has 1 aromatic carbocycles. The molecule has 0 saturated heterocycles. The Kier molecular flexibility index (Phi) is 4.79. The van der Waals surface area contributed by atoms with E-state index < -0.39 is 6.04 Å². The van der Waals surface area contributed by atoms with Gasteiger partial charge in [0.2, 0.25) is 5.91 Å². The number of carbonyl (C=O) groups is 1. The van der Waals surface area contributed by atoms with Gasteiger partial charge < -0.3 is 15.5 Å². The summed E-state index contributed by atoms with van der Waals surface area (Å²) in [6.07, 6.45) is 1.58. The van der Waals surface area contributed by atoms with Crippen molar-refractivity contribution in [3.05, 3.63) is 36.1 Å². The first kappa shape index (κ1) is 14.6. The van der Waals surface area contributed by atoms with Gasteiger partial charge in [0.1, 0.15) is 11.3 Å². The van der Waals surface area contributed by atoms with Gasteiger partial charge in [-0.15, -0.1) is 0 Å². The molecule has 3 N–H and O–H groups in total. The number of hydrogen-bond donors (Lipinski definition) is 2. The van der Waals surface area contributed by atoms with Gasteiger partial charge in [0.15, 0.2) is 0 Å². The van der Waals surface area contributed by atoms with Gasteiger partial charge in [-0.25, -0.2) is 0 Å². The van der Waals surface area contributed by atoms with Crippen LogP contribution < -0.4 is 11.1 Å². The summed E-state index contributed by atoms with van der Waals surface area (Å²) < 4.78 is 5.70. The summed E-state index contributed by atoms with van der Waals surface area (Å²) in [4.78, 5) is 11.8. The maximum Gasteiger partial charge on any atom is 0.237 e. The molecule has 2 rings (SSSR count). The van der Waals surface area contributed by atoms with Crippen molar-refractivity contribution in [2.45, 2.75) is 32.7 Å². The predicted octanol–water partition coefficient (Wildman–Crippen LogP) is 2.46. The van der Waals surface area contributed by atoms with Gasteiger partial charge in [0.25, 0.3) is 0 Å². The molecule has 0 fully saturated rings. The number of hydrogen-bond acceptors (Lipinski definition) is 3. The Bertz CT molecular complexity index is 544. The molecule has 1 aromatic heterocycles. The van der Waals surface area contributed by atoms with Gasteiger partial charge in [-0.2, -0.15) is 0 Å². The minimum Gasteiger partial charge on any atom is -0.461 e. The molecule has 0 spiro atoms. The zero-order valence-electron chi connectivity index (χ0n) is 12.1. The molecule has 0 bridgehead atoms. The third-order valence-corrected chi connectivity index (χ3v) is 3.71. The van der Waals surface area contributed by atoms with E-state index in [9.17, 15) is 4.79 Å². The molecule has 0 aliphatic rings. The lowest BCUT2D eigenvalue weighted by atomic mass is 9.99. The van der Waals surface area contributed by atoms with E-state index in [1.807, 2.05) is 44.2 Å². The van der Waals surface area contributed by atoms with E-state index in [1.165, 1.54) is 0 Å². The second-order valence-corrected chi connectivity index (χ2v) is 5.20. The van der Waals surface area contributed by atoms with Gasteiger partial charge in [0, 0.05) is 18.4 Å². The standard InChI is InChI=1S/C16H22N2O2/c1-3-11(2)15(17)16(19)18-9-8-13-10-12-6-4-5-7-14(12)20-13/h4-7,10-11,15H,3,8-9,17H2,1-2H3,(H,18,19). The zero-order chi connectivity index (χ0) is 14.5. The summed E-state index contributed by atoms with van der Waals surface area (Å²) in [6, 6.07) is 9.46. The second kappa shape index (κ2) is 6.57. The van der Waals surface area contributed by atoms with Crippen LogP contribution in [0.1, 0.15) is 26.0 Å². The van der Waals surface area contributed by atoms with E-state index in [1.54, 1.807) is 0 Å². The average molecular weight is 274 g/mol. The van der Waals surface area contributed by atoms with Crippen LogP contribution >= 0.6 is 0 Å². The first-order valence-electron chi connectivity index (χ1n) is 7.12. The highest BCUT2D eigenvalue weighted by molar-refractivity contribution is 5.81. The fraction of sp³-hybridized carbons (Fsp3) is 0.438. The summed E-state index contributed by atoms with van der Waals surface area (Å²) in [7, 11) is 0. The Morgan fingerprint density at radius 3 is 2.85 bits per heavy atom. The van der Waals surface area contributed by atoms with Crippen LogP contribution in [0, 0.1) is 5.92 Å². The molecule has 0 saturated carbocycles. The quantitative estimate of drug-likeness (QED) is 0.850. The fourth-order valence-electron chi connectivity index (χ4n) is 2.10. The highest BCUT2D eigenvalue weighted by Crippen LogP contribution is 2.18. The van der Waals surface area contributed by atoms with Crippen molar-refractivity contribution < 1.29 is 9.21 Å². The zero-order valence-corrected chi connectivity index (χ0v) is 12.1. The van der Waals surface area contributed by atoms with Crippen LogP contribution in [0.25, 0.3) is 11.0 Å². The van der Waals surface area contributed by atoms with Gasteiger partial charge in [-0.1, -0.05) is 38.5 Å². The number of carbonyl (C=O) groups excluding carboxylic acids is 1. The van der Waals surface area contributed by atoms with Crippen molar-refractivity contribution in [1.29, 1.82) is 0 Å². The van der Waals surface area contributed by atoms with Crippen LogP contribution in [-0.2, 0) is 11.2 Å². The molecule has 1 heterocycles. The molecule has 20 heavy (non-hydrogen) atoms. The van der Waals surface area contributed by atoms with Crippen LogP contribution in [0.15, 0.2) is 34.7 Å². The largest absolute Gasteiger partial charge is 0.461 e. The fourth-order valence-corrected chi connectivity index (χ4v) is 2.10. The second-order valence-electron chi connectivity index (χ2n) is 5.20. The highest BCUT2D eigenvalue weighted by Gasteiger charge is 2.18.